The molecule has 2 aromatic heterocycles. The van der Waals surface area contributed by atoms with Crippen LogP contribution in [-0.4, -0.2) is 38.9 Å². The lowest BCUT2D eigenvalue weighted by Crippen LogP contribution is -2.25. The second-order valence-electron chi connectivity index (χ2n) is 4.96. The summed E-state index contributed by atoms with van der Waals surface area (Å²) in [5.41, 5.74) is -0.191. The number of hydrogen-bond donors (Lipinski definition) is 1. The quantitative estimate of drug-likeness (QED) is 0.280. The van der Waals surface area contributed by atoms with Crippen molar-refractivity contribution in [1.29, 1.82) is 0 Å². The second kappa shape index (κ2) is 9.77. The maximum Gasteiger partial charge on any atom is 0.294 e. The van der Waals surface area contributed by atoms with Crippen LogP contribution in [0.1, 0.15) is 16.1 Å². The van der Waals surface area contributed by atoms with E-state index in [2.05, 4.69) is 10.3 Å². The highest BCUT2D eigenvalue weighted by Gasteiger charge is 2.24. The summed E-state index contributed by atoms with van der Waals surface area (Å²) in [7, 11) is 0. The zero-order valence-corrected chi connectivity index (χ0v) is 17.3. The minimum atomic E-state index is -0.929. The van der Waals surface area contributed by atoms with Crippen LogP contribution in [0.15, 0.2) is 27.6 Å². The molecule has 2 aromatic rings. The number of amides is 1. The van der Waals surface area contributed by atoms with E-state index >= 15 is 0 Å². The lowest BCUT2D eigenvalue weighted by atomic mass is 10.4. The molecule has 0 bridgehead atoms. The molecule has 0 fully saturated rings. The SMILES string of the molecule is C[S+]([O-])CCCNC(=O)c1cc([N+](=O)[O-])c(Sc2c(Cl)cncc2Cl)s1. The summed E-state index contributed by atoms with van der Waals surface area (Å²) in [6.07, 6.45) is 4.93. The number of thiophene rings is 1. The summed E-state index contributed by atoms with van der Waals surface area (Å²) >= 11 is 13.2. The average molecular weight is 454 g/mol. The molecule has 12 heteroatoms. The fraction of sp³-hybridized carbons (Fsp3) is 0.286. The van der Waals surface area contributed by atoms with E-state index in [1.54, 1.807) is 6.26 Å². The Morgan fingerprint density at radius 1 is 1.42 bits per heavy atom. The summed E-state index contributed by atoms with van der Waals surface area (Å²) in [6.45, 7) is 0.342. The Hall–Kier alpha value is -1.04. The third kappa shape index (κ3) is 5.73. The largest absolute Gasteiger partial charge is 0.617 e. The molecule has 2 rings (SSSR count). The van der Waals surface area contributed by atoms with Crippen molar-refractivity contribution in [2.24, 2.45) is 0 Å². The summed E-state index contributed by atoms with van der Waals surface area (Å²) in [5, 5.41) is 14.5. The van der Waals surface area contributed by atoms with E-state index in [-0.39, 0.29) is 20.6 Å². The summed E-state index contributed by atoms with van der Waals surface area (Å²) in [6, 6.07) is 1.23. The van der Waals surface area contributed by atoms with Crippen LogP contribution in [0.2, 0.25) is 10.0 Å². The molecule has 0 saturated carbocycles. The van der Waals surface area contributed by atoms with Crippen LogP contribution in [0.5, 0.6) is 0 Å². The molecule has 2 heterocycles. The number of aromatic nitrogens is 1. The molecule has 0 radical (unpaired) electrons. The number of carbonyl (C=O) groups excluding carboxylic acids is 1. The monoisotopic (exact) mass is 453 g/mol. The van der Waals surface area contributed by atoms with E-state index in [0.29, 0.717) is 27.8 Å². The van der Waals surface area contributed by atoms with Gasteiger partial charge in [0.25, 0.3) is 11.6 Å². The third-order valence-electron chi connectivity index (χ3n) is 3.00. The summed E-state index contributed by atoms with van der Waals surface area (Å²) in [4.78, 5) is 27.4. The zero-order valence-electron chi connectivity index (χ0n) is 13.4. The van der Waals surface area contributed by atoms with Crippen LogP contribution in [0, 0.1) is 10.1 Å². The molecule has 7 nitrogen and oxygen atoms in total. The molecule has 0 aliphatic rings. The Bertz CT molecular complexity index is 796. The molecule has 0 aliphatic carbocycles. The lowest BCUT2D eigenvalue weighted by Gasteiger charge is -2.05. The number of rotatable bonds is 8. The summed E-state index contributed by atoms with van der Waals surface area (Å²) in [5.74, 6) is 0.0594. The molecular weight excluding hydrogens is 441 g/mol. The van der Waals surface area contributed by atoms with Gasteiger partial charge in [0, 0.05) is 31.4 Å². The molecule has 26 heavy (non-hydrogen) atoms. The van der Waals surface area contributed by atoms with Crippen molar-refractivity contribution < 1.29 is 14.3 Å². The maximum atomic E-state index is 12.2. The van der Waals surface area contributed by atoms with Gasteiger partial charge >= 0.3 is 0 Å². The fourth-order valence-electron chi connectivity index (χ4n) is 1.83. The Morgan fingerprint density at radius 3 is 2.65 bits per heavy atom. The van der Waals surface area contributed by atoms with Crippen LogP contribution in [0.25, 0.3) is 0 Å². The number of hydrogen-bond acceptors (Lipinski definition) is 7. The Labute approximate surface area is 170 Å². The number of nitrogens with one attached hydrogen (secondary N) is 1. The van der Waals surface area contributed by atoms with Gasteiger partial charge in [0.1, 0.15) is 14.8 Å². The molecule has 1 unspecified atom stereocenters. The smallest absolute Gasteiger partial charge is 0.294 e. The van der Waals surface area contributed by atoms with Crippen LogP contribution in [0.4, 0.5) is 5.69 Å². The molecule has 0 saturated heterocycles. The van der Waals surface area contributed by atoms with E-state index in [0.717, 1.165) is 23.1 Å². The third-order valence-corrected chi connectivity index (χ3v) is 7.12. The van der Waals surface area contributed by atoms with Gasteiger partial charge in [-0.1, -0.05) is 46.1 Å². The first kappa shape index (κ1) is 21.3. The number of carbonyl (C=O) groups is 1. The van der Waals surface area contributed by atoms with Gasteiger partial charge in [0.05, 0.1) is 26.1 Å². The first-order chi connectivity index (χ1) is 12.3. The minimum Gasteiger partial charge on any atom is -0.617 e. The van der Waals surface area contributed by atoms with Gasteiger partial charge in [-0.2, -0.15) is 0 Å². The van der Waals surface area contributed by atoms with Gasteiger partial charge in [-0.15, -0.1) is 11.3 Å². The fourth-order valence-corrected chi connectivity index (χ4v) is 5.16. The van der Waals surface area contributed by atoms with Crippen LogP contribution < -0.4 is 5.32 Å². The van der Waals surface area contributed by atoms with Crippen molar-refractivity contribution in [2.45, 2.75) is 15.5 Å². The lowest BCUT2D eigenvalue weighted by molar-refractivity contribution is -0.387. The first-order valence-electron chi connectivity index (χ1n) is 7.13. The van der Waals surface area contributed by atoms with Gasteiger partial charge in [-0.3, -0.25) is 19.9 Å². The van der Waals surface area contributed by atoms with Crippen molar-refractivity contribution in [2.75, 3.05) is 18.6 Å². The van der Waals surface area contributed by atoms with E-state index in [9.17, 15) is 19.5 Å². The van der Waals surface area contributed by atoms with Gasteiger partial charge in [-0.25, -0.2) is 0 Å². The highest BCUT2D eigenvalue weighted by molar-refractivity contribution is 8.01. The molecule has 1 N–H and O–H groups in total. The summed E-state index contributed by atoms with van der Waals surface area (Å²) < 4.78 is 11.3. The van der Waals surface area contributed by atoms with E-state index < -0.39 is 22.0 Å². The second-order valence-corrected chi connectivity index (χ2v) is 9.66. The standard InChI is InChI=1S/C14H13Cl2N3O4S3/c1-26(23)4-2-3-18-13(20)11-5-10(19(21)22)14(24-11)25-12-8(15)6-17-7-9(12)16/h5-7H,2-4H2,1H3,(H,18,20). The topological polar surface area (TPSA) is 108 Å². The molecule has 1 amide bonds. The molecular formula is C14H13Cl2N3O4S3. The van der Waals surface area contributed by atoms with E-state index in [1.165, 1.54) is 18.5 Å². The normalized spacial score (nSPS) is 12.0. The van der Waals surface area contributed by atoms with Crippen LogP contribution in [0.3, 0.4) is 0 Å². The number of pyridine rings is 1. The maximum absolute atomic E-state index is 12.2. The van der Waals surface area contributed by atoms with E-state index in [4.69, 9.17) is 23.2 Å². The highest BCUT2D eigenvalue weighted by Crippen LogP contribution is 2.45. The molecule has 0 aliphatic heterocycles. The van der Waals surface area contributed by atoms with Crippen molar-refractivity contribution >= 4 is 69.1 Å². The first-order valence-corrected chi connectivity index (χ1v) is 11.2. The number of nitrogens with zero attached hydrogens (tertiary/aromatic N) is 2. The Balaban J connectivity index is 2.17. The zero-order chi connectivity index (χ0) is 19.3. The predicted molar refractivity (Wildman–Crippen MR) is 105 cm³/mol. The molecule has 0 aromatic carbocycles. The van der Waals surface area contributed by atoms with Crippen LogP contribution >= 0.6 is 46.3 Å². The number of halogens is 2. The van der Waals surface area contributed by atoms with Gasteiger partial charge < -0.3 is 9.87 Å². The Morgan fingerprint density at radius 2 is 2.08 bits per heavy atom. The Kier molecular flexibility index (Phi) is 7.99. The van der Waals surface area contributed by atoms with E-state index in [1.807, 2.05) is 0 Å². The predicted octanol–water partition coefficient (Wildman–Crippen LogP) is 4.01. The molecule has 0 spiro atoms. The van der Waals surface area contributed by atoms with Gasteiger partial charge in [-0.05, 0) is 0 Å². The van der Waals surface area contributed by atoms with Crippen molar-refractivity contribution in [3.05, 3.63) is 43.5 Å². The molecule has 1 atom stereocenters. The van der Waals surface area contributed by atoms with Crippen LogP contribution in [-0.2, 0) is 11.2 Å². The number of nitro groups is 1. The highest BCUT2D eigenvalue weighted by atomic mass is 35.5. The van der Waals surface area contributed by atoms with Crippen molar-refractivity contribution in [1.82, 2.24) is 10.3 Å². The molecule has 140 valence electrons. The average Bonchev–Trinajstić information content (AvgIpc) is 2.99. The van der Waals surface area contributed by atoms with Crippen molar-refractivity contribution in [3.63, 3.8) is 0 Å². The van der Waals surface area contributed by atoms with Gasteiger partial charge in [0.15, 0.2) is 0 Å². The van der Waals surface area contributed by atoms with Gasteiger partial charge in [0.2, 0.25) is 0 Å². The minimum absolute atomic E-state index is 0.191. The van der Waals surface area contributed by atoms with Crippen molar-refractivity contribution in [3.8, 4) is 0 Å².